The summed E-state index contributed by atoms with van der Waals surface area (Å²) in [6.07, 6.45) is -2.37. The summed E-state index contributed by atoms with van der Waals surface area (Å²) in [7, 11) is -6.09. The van der Waals surface area contributed by atoms with Crippen LogP contribution in [0.2, 0.25) is 0 Å². The quantitative estimate of drug-likeness (QED) is 0.315. The van der Waals surface area contributed by atoms with Crippen LogP contribution in [0.4, 0.5) is 26.3 Å². The molecule has 1 rings (SSSR count). The monoisotopic (exact) mass is 297 g/mol. The van der Waals surface area contributed by atoms with Crippen LogP contribution in [0.3, 0.4) is 0 Å². The van der Waals surface area contributed by atoms with Gasteiger partial charge in [-0.15, -0.1) is 17.7 Å². The van der Waals surface area contributed by atoms with Crippen LogP contribution in [0.25, 0.3) is 0 Å². The van der Waals surface area contributed by atoms with Gasteiger partial charge in [-0.2, -0.15) is 13.2 Å². The molecule has 0 aliphatic heterocycles. The van der Waals surface area contributed by atoms with Crippen molar-refractivity contribution in [2.24, 2.45) is 0 Å². The van der Waals surface area contributed by atoms with Crippen LogP contribution in [-0.2, 0) is 16.4 Å². The first-order valence-electron chi connectivity index (χ1n) is 3.91. The Kier molecular flexibility index (Phi) is 5.10. The van der Waals surface area contributed by atoms with E-state index in [4.69, 9.17) is 13.0 Å². The van der Waals surface area contributed by atoms with Crippen LogP contribution >= 0.6 is 0 Å². The minimum absolute atomic E-state index is 0.188. The molecule has 0 bridgehead atoms. The number of pyridine rings is 1. The Balaban J connectivity index is 0.000000331. The Bertz CT molecular complexity index is 466. The third kappa shape index (κ3) is 5.82. The summed E-state index contributed by atoms with van der Waals surface area (Å²) in [5, 5.41) is 0. The van der Waals surface area contributed by atoms with Gasteiger partial charge < -0.3 is 4.55 Å². The molecule has 0 N–H and O–H groups in total. The van der Waals surface area contributed by atoms with Crippen LogP contribution in [0, 0.1) is 0 Å². The lowest BCUT2D eigenvalue weighted by Crippen LogP contribution is -2.46. The van der Waals surface area contributed by atoms with E-state index in [9.17, 15) is 26.3 Å². The molecule has 0 aromatic carbocycles. The van der Waals surface area contributed by atoms with Crippen LogP contribution < -0.4 is 4.57 Å². The summed E-state index contributed by atoms with van der Waals surface area (Å²) in [4.78, 5) is 0. The van der Waals surface area contributed by atoms with Gasteiger partial charge in [0.25, 0.3) is 0 Å². The van der Waals surface area contributed by atoms with E-state index in [0.29, 0.717) is 0 Å². The summed E-state index contributed by atoms with van der Waals surface area (Å²) in [5.74, 6) is 0. The molecular formula is C7H5F6NO3S. The fourth-order valence-electron chi connectivity index (χ4n) is 0.568. The second-order valence-corrected chi connectivity index (χ2v) is 4.02. The van der Waals surface area contributed by atoms with E-state index >= 15 is 0 Å². The van der Waals surface area contributed by atoms with Crippen molar-refractivity contribution in [1.29, 1.82) is 0 Å². The van der Waals surface area contributed by atoms with Gasteiger partial charge in [-0.1, -0.05) is 6.07 Å². The third-order valence-corrected chi connectivity index (χ3v) is 1.86. The maximum Gasteiger partial charge on any atom is 0.637 e. The lowest BCUT2D eigenvalue weighted by Gasteiger charge is -2.08. The van der Waals surface area contributed by atoms with Gasteiger partial charge in [-0.25, -0.2) is 8.42 Å². The molecule has 0 spiro atoms. The van der Waals surface area contributed by atoms with E-state index in [0.717, 1.165) is 12.4 Å². The first kappa shape index (κ1) is 16.6. The van der Waals surface area contributed by atoms with Gasteiger partial charge in [0.15, 0.2) is 22.5 Å². The SMILES string of the molecule is FC(F)(F)[n+]1ccccc1.O=S(=O)([O-])C(F)(F)F. The highest BCUT2D eigenvalue weighted by Crippen LogP contribution is 2.20. The fraction of sp³-hybridized carbons (Fsp3) is 0.286. The third-order valence-electron chi connectivity index (χ3n) is 1.29. The molecule has 0 saturated carbocycles. The number of halogens is 6. The van der Waals surface area contributed by atoms with Crippen molar-refractivity contribution in [3.8, 4) is 0 Å². The molecule has 0 saturated heterocycles. The van der Waals surface area contributed by atoms with Crippen molar-refractivity contribution in [1.82, 2.24) is 0 Å². The summed E-state index contributed by atoms with van der Waals surface area (Å²) in [6, 6.07) is 4.18. The van der Waals surface area contributed by atoms with Gasteiger partial charge >= 0.3 is 11.8 Å². The predicted octanol–water partition coefficient (Wildman–Crippen LogP) is 1.50. The highest BCUT2D eigenvalue weighted by molar-refractivity contribution is 7.86. The molecule has 104 valence electrons. The first-order chi connectivity index (χ1) is 7.86. The molecule has 18 heavy (non-hydrogen) atoms. The van der Waals surface area contributed by atoms with Gasteiger partial charge in [0.1, 0.15) is 0 Å². The van der Waals surface area contributed by atoms with E-state index in [-0.39, 0.29) is 4.57 Å². The van der Waals surface area contributed by atoms with Crippen LogP contribution in [-0.4, -0.2) is 18.5 Å². The zero-order valence-corrected chi connectivity index (χ0v) is 9.05. The van der Waals surface area contributed by atoms with E-state index in [1.165, 1.54) is 18.2 Å². The Morgan fingerprint density at radius 1 is 0.889 bits per heavy atom. The van der Waals surface area contributed by atoms with Crippen LogP contribution in [0.1, 0.15) is 0 Å². The first-order valence-corrected chi connectivity index (χ1v) is 5.32. The number of rotatable bonds is 0. The number of hydrogen-bond donors (Lipinski definition) is 0. The van der Waals surface area contributed by atoms with Gasteiger partial charge in [0.2, 0.25) is 0 Å². The van der Waals surface area contributed by atoms with E-state index < -0.39 is 21.9 Å². The second kappa shape index (κ2) is 5.52. The maximum atomic E-state index is 11.8. The molecular weight excluding hydrogens is 292 g/mol. The van der Waals surface area contributed by atoms with Crippen LogP contribution in [0.15, 0.2) is 30.6 Å². The van der Waals surface area contributed by atoms with Crippen LogP contribution in [0.5, 0.6) is 0 Å². The van der Waals surface area contributed by atoms with E-state index in [2.05, 4.69) is 0 Å². The molecule has 0 amide bonds. The van der Waals surface area contributed by atoms with Crippen molar-refractivity contribution >= 4 is 10.1 Å². The highest BCUT2D eigenvalue weighted by atomic mass is 32.2. The molecule has 11 heteroatoms. The van der Waals surface area contributed by atoms with Crippen molar-refractivity contribution in [2.45, 2.75) is 11.8 Å². The zero-order valence-electron chi connectivity index (χ0n) is 8.23. The molecule has 0 fully saturated rings. The Labute approximate surface area is 97.2 Å². The standard InChI is InChI=1S/C6H5F3N.CHF3O3S/c7-6(8,9)10-4-2-1-3-5-10;2-1(3,4)8(5,6)7/h1-5H;(H,5,6,7)/q+1;/p-1. The number of aromatic nitrogens is 1. The van der Waals surface area contributed by atoms with Crippen molar-refractivity contribution < 1.29 is 43.9 Å². The van der Waals surface area contributed by atoms with E-state index in [1.807, 2.05) is 0 Å². The molecule has 0 atom stereocenters. The lowest BCUT2D eigenvalue weighted by atomic mass is 10.5. The largest absolute Gasteiger partial charge is 0.741 e. The molecule has 1 aromatic heterocycles. The summed E-state index contributed by atoms with van der Waals surface area (Å²) < 4.78 is 94.3. The van der Waals surface area contributed by atoms with Gasteiger partial charge in [-0.3, -0.25) is 0 Å². The lowest BCUT2D eigenvalue weighted by molar-refractivity contribution is -0.854. The molecule has 0 radical (unpaired) electrons. The summed E-state index contributed by atoms with van der Waals surface area (Å²) in [5.41, 5.74) is -5.65. The average Bonchev–Trinajstić information content (AvgIpc) is 2.15. The topological polar surface area (TPSA) is 61.1 Å². The fourth-order valence-corrected chi connectivity index (χ4v) is 0.568. The Morgan fingerprint density at radius 2 is 1.22 bits per heavy atom. The summed E-state index contributed by atoms with van der Waals surface area (Å²) >= 11 is 0. The van der Waals surface area contributed by atoms with E-state index in [1.54, 1.807) is 0 Å². The second-order valence-electron chi connectivity index (χ2n) is 2.65. The smallest absolute Gasteiger partial charge is 0.637 e. The van der Waals surface area contributed by atoms with Gasteiger partial charge in [0.05, 0.1) is 0 Å². The van der Waals surface area contributed by atoms with Crippen molar-refractivity contribution in [3.63, 3.8) is 0 Å². The molecule has 4 nitrogen and oxygen atoms in total. The minimum Gasteiger partial charge on any atom is -0.741 e. The molecule has 1 aromatic rings. The minimum atomic E-state index is -6.09. The molecule has 0 aliphatic rings. The normalized spacial score (nSPS) is 12.6. The Hall–Kier alpha value is -1.36. The average molecular weight is 297 g/mol. The molecule has 0 unspecified atom stereocenters. The number of nitrogens with zero attached hydrogens (tertiary/aromatic N) is 1. The Morgan fingerprint density at radius 3 is 1.39 bits per heavy atom. The maximum absolute atomic E-state index is 11.8. The highest BCUT2D eigenvalue weighted by Gasteiger charge is 2.40. The van der Waals surface area contributed by atoms with Gasteiger partial charge in [-0.05, 0) is 0 Å². The molecule has 1 heterocycles. The summed E-state index contributed by atoms with van der Waals surface area (Å²) in [6.45, 7) is 0. The number of alkyl halides is 6. The van der Waals surface area contributed by atoms with Crippen molar-refractivity contribution in [2.75, 3.05) is 0 Å². The molecule has 0 aliphatic carbocycles. The van der Waals surface area contributed by atoms with Gasteiger partial charge in [0, 0.05) is 12.1 Å². The number of hydrogen-bond acceptors (Lipinski definition) is 3. The predicted molar refractivity (Wildman–Crippen MR) is 43.7 cm³/mol. The zero-order chi connectivity index (χ0) is 14.6. The van der Waals surface area contributed by atoms with Crippen molar-refractivity contribution in [3.05, 3.63) is 30.6 Å².